The molecule has 0 atom stereocenters. The first-order chi connectivity index (χ1) is 10.1. The van der Waals surface area contributed by atoms with Crippen molar-refractivity contribution < 1.29 is 31.1 Å². The van der Waals surface area contributed by atoms with Crippen LogP contribution in [-0.4, -0.2) is 27.7 Å². The first-order valence-electron chi connectivity index (χ1n) is 5.54. The summed E-state index contributed by atoms with van der Waals surface area (Å²) in [6.45, 7) is -1.53. The van der Waals surface area contributed by atoms with Gasteiger partial charge in [0.1, 0.15) is 0 Å². The number of hydrogen-bond acceptors (Lipinski definition) is 3. The molecule has 0 aliphatic heterocycles. The molecule has 0 amide bonds. The predicted octanol–water partition coefficient (Wildman–Crippen LogP) is 4.19. The molecule has 0 radical (unpaired) electrons. The molecule has 0 bridgehead atoms. The van der Waals surface area contributed by atoms with Crippen LogP contribution in [0.25, 0.3) is 11.3 Å². The third-order valence-corrected chi connectivity index (χ3v) is 2.90. The summed E-state index contributed by atoms with van der Waals surface area (Å²) in [5.41, 5.74) is 0.220. The number of nitrogens with zero attached hydrogens (tertiary/aromatic N) is 2. The van der Waals surface area contributed by atoms with Crippen molar-refractivity contribution in [2.24, 2.45) is 0 Å². The molecular formula is C11H6BrF6N3O. The second kappa shape index (κ2) is 5.78. The average Bonchev–Trinajstić information content (AvgIpc) is 2.85. The summed E-state index contributed by atoms with van der Waals surface area (Å²) in [6, 6.07) is 1.27. The smallest absolute Gasteiger partial charge is 0.449 e. The second-order valence-electron chi connectivity index (χ2n) is 4.06. The largest absolute Gasteiger partial charge is 0.467 e. The van der Waals surface area contributed by atoms with Gasteiger partial charge in [-0.3, -0.25) is 0 Å². The van der Waals surface area contributed by atoms with Crippen LogP contribution >= 0.6 is 15.9 Å². The Labute approximate surface area is 127 Å². The SMILES string of the molecule is FC(F)(F)COc1ncc(-c2cnc(C(F)(F)F)[nH]2)cc1Br. The molecule has 0 saturated heterocycles. The standard InChI is InChI=1S/C11H6BrF6N3O/c12-6-1-5(2-19-8(6)22-4-10(13,14)15)7-3-20-9(21-7)11(16,17)18/h1-3H,4H2,(H,20,21). The second-order valence-corrected chi connectivity index (χ2v) is 4.91. The van der Waals surface area contributed by atoms with E-state index in [1.165, 1.54) is 6.07 Å². The average molecular weight is 390 g/mol. The first-order valence-corrected chi connectivity index (χ1v) is 6.33. The van der Waals surface area contributed by atoms with Crippen molar-refractivity contribution in [2.75, 3.05) is 6.61 Å². The van der Waals surface area contributed by atoms with Gasteiger partial charge < -0.3 is 9.72 Å². The zero-order chi connectivity index (χ0) is 16.5. The Morgan fingerprint density at radius 1 is 1.09 bits per heavy atom. The summed E-state index contributed by atoms with van der Waals surface area (Å²) in [6.07, 6.45) is -7.13. The van der Waals surface area contributed by atoms with Crippen LogP contribution in [0.2, 0.25) is 0 Å². The van der Waals surface area contributed by atoms with Crippen LogP contribution in [0.3, 0.4) is 0 Å². The van der Waals surface area contributed by atoms with Gasteiger partial charge in [-0.1, -0.05) is 0 Å². The highest BCUT2D eigenvalue weighted by Gasteiger charge is 2.34. The number of alkyl halides is 6. The lowest BCUT2D eigenvalue weighted by atomic mass is 10.2. The lowest BCUT2D eigenvalue weighted by Gasteiger charge is -2.10. The van der Waals surface area contributed by atoms with E-state index in [2.05, 4.69) is 35.6 Å². The molecule has 0 aliphatic carbocycles. The summed E-state index contributed by atoms with van der Waals surface area (Å²) in [7, 11) is 0. The quantitative estimate of drug-likeness (QED) is 0.800. The maximum absolute atomic E-state index is 12.4. The number of H-pyrrole nitrogens is 1. The molecular weight excluding hydrogens is 384 g/mol. The van der Waals surface area contributed by atoms with Crippen molar-refractivity contribution in [3.63, 3.8) is 0 Å². The van der Waals surface area contributed by atoms with Gasteiger partial charge in [-0.05, 0) is 22.0 Å². The van der Waals surface area contributed by atoms with Crippen LogP contribution in [-0.2, 0) is 6.18 Å². The van der Waals surface area contributed by atoms with Crippen molar-refractivity contribution >= 4 is 15.9 Å². The number of hydrogen-bond donors (Lipinski definition) is 1. The summed E-state index contributed by atoms with van der Waals surface area (Å²) in [5.74, 6) is -1.51. The number of imidazole rings is 1. The van der Waals surface area contributed by atoms with Crippen molar-refractivity contribution in [1.29, 1.82) is 0 Å². The van der Waals surface area contributed by atoms with Crippen LogP contribution < -0.4 is 4.74 Å². The summed E-state index contributed by atoms with van der Waals surface area (Å²) in [4.78, 5) is 8.87. The molecule has 2 rings (SSSR count). The molecule has 1 N–H and O–H groups in total. The number of nitrogens with one attached hydrogen (secondary N) is 1. The molecule has 2 aromatic heterocycles. The van der Waals surface area contributed by atoms with Crippen molar-refractivity contribution in [3.05, 3.63) is 28.8 Å². The van der Waals surface area contributed by atoms with Crippen molar-refractivity contribution in [2.45, 2.75) is 12.4 Å². The molecule has 22 heavy (non-hydrogen) atoms. The fourth-order valence-electron chi connectivity index (χ4n) is 1.44. The van der Waals surface area contributed by atoms with E-state index in [1.54, 1.807) is 0 Å². The van der Waals surface area contributed by atoms with E-state index in [9.17, 15) is 26.3 Å². The maximum Gasteiger partial charge on any atom is 0.449 e. The highest BCUT2D eigenvalue weighted by Crippen LogP contribution is 2.31. The van der Waals surface area contributed by atoms with Gasteiger partial charge in [0.05, 0.1) is 16.4 Å². The van der Waals surface area contributed by atoms with Gasteiger partial charge in [0.2, 0.25) is 11.7 Å². The minimum absolute atomic E-state index is 0.0166. The lowest BCUT2D eigenvalue weighted by molar-refractivity contribution is -0.154. The van der Waals surface area contributed by atoms with Crippen LogP contribution in [0, 0.1) is 0 Å². The van der Waals surface area contributed by atoms with Gasteiger partial charge in [0, 0.05) is 11.8 Å². The molecule has 4 nitrogen and oxygen atoms in total. The third kappa shape index (κ3) is 4.12. The van der Waals surface area contributed by atoms with Crippen LogP contribution in [0.15, 0.2) is 22.9 Å². The van der Waals surface area contributed by atoms with Gasteiger partial charge >= 0.3 is 12.4 Å². The molecule has 0 aromatic carbocycles. The van der Waals surface area contributed by atoms with Gasteiger partial charge in [-0.2, -0.15) is 26.3 Å². The molecule has 2 aromatic rings. The molecule has 0 fully saturated rings. The van der Waals surface area contributed by atoms with Crippen LogP contribution in [0.5, 0.6) is 5.88 Å². The van der Waals surface area contributed by atoms with E-state index in [0.717, 1.165) is 12.4 Å². The van der Waals surface area contributed by atoms with E-state index < -0.39 is 24.8 Å². The predicted molar refractivity (Wildman–Crippen MR) is 66.1 cm³/mol. The van der Waals surface area contributed by atoms with E-state index in [4.69, 9.17) is 0 Å². The van der Waals surface area contributed by atoms with Crippen molar-refractivity contribution in [1.82, 2.24) is 15.0 Å². The summed E-state index contributed by atoms with van der Waals surface area (Å²) < 4.78 is 77.9. The Balaban J connectivity index is 2.20. The van der Waals surface area contributed by atoms with Gasteiger partial charge in [-0.15, -0.1) is 0 Å². The number of aromatic nitrogens is 3. The maximum atomic E-state index is 12.4. The van der Waals surface area contributed by atoms with Gasteiger partial charge in [-0.25, -0.2) is 9.97 Å². The number of ether oxygens (including phenoxy) is 1. The highest BCUT2D eigenvalue weighted by molar-refractivity contribution is 9.10. The minimum atomic E-state index is -4.63. The Morgan fingerprint density at radius 3 is 2.27 bits per heavy atom. The Bertz CT molecular complexity index is 667. The van der Waals surface area contributed by atoms with Crippen molar-refractivity contribution in [3.8, 4) is 17.1 Å². The number of rotatable bonds is 3. The summed E-state index contributed by atoms with van der Waals surface area (Å²) >= 11 is 2.95. The Hall–Kier alpha value is -1.78. The fourth-order valence-corrected chi connectivity index (χ4v) is 1.90. The highest BCUT2D eigenvalue weighted by atomic mass is 79.9. The first kappa shape index (κ1) is 16.6. The number of aromatic amines is 1. The molecule has 120 valence electrons. The molecule has 0 saturated carbocycles. The van der Waals surface area contributed by atoms with E-state index >= 15 is 0 Å². The van der Waals surface area contributed by atoms with E-state index in [-0.39, 0.29) is 21.6 Å². The Morgan fingerprint density at radius 2 is 1.77 bits per heavy atom. The van der Waals surface area contributed by atoms with E-state index in [0.29, 0.717) is 0 Å². The molecule has 2 heterocycles. The fraction of sp³-hybridized carbons (Fsp3) is 0.273. The molecule has 0 spiro atoms. The monoisotopic (exact) mass is 389 g/mol. The molecule has 0 aliphatic rings. The number of halogens is 7. The van der Waals surface area contributed by atoms with Crippen LogP contribution in [0.1, 0.15) is 5.82 Å². The molecule has 11 heteroatoms. The van der Waals surface area contributed by atoms with Crippen LogP contribution in [0.4, 0.5) is 26.3 Å². The zero-order valence-corrected chi connectivity index (χ0v) is 12.0. The lowest BCUT2D eigenvalue weighted by Crippen LogP contribution is -2.19. The topological polar surface area (TPSA) is 50.8 Å². The molecule has 0 unspecified atom stereocenters. The number of pyridine rings is 1. The zero-order valence-electron chi connectivity index (χ0n) is 10.4. The summed E-state index contributed by atoms with van der Waals surface area (Å²) in [5, 5.41) is 0. The Kier molecular flexibility index (Phi) is 4.36. The van der Waals surface area contributed by atoms with E-state index in [1.807, 2.05) is 0 Å². The normalized spacial score (nSPS) is 12.5. The van der Waals surface area contributed by atoms with Gasteiger partial charge in [0.15, 0.2) is 6.61 Å². The minimum Gasteiger partial charge on any atom is -0.467 e. The third-order valence-electron chi connectivity index (χ3n) is 2.34. The van der Waals surface area contributed by atoms with Gasteiger partial charge in [0.25, 0.3) is 0 Å².